The summed E-state index contributed by atoms with van der Waals surface area (Å²) in [6, 6.07) is 8.73. The van der Waals surface area contributed by atoms with Gasteiger partial charge in [0.05, 0.1) is 29.5 Å². The average molecular weight is 542 g/mol. The third-order valence-corrected chi connectivity index (χ3v) is 6.51. The van der Waals surface area contributed by atoms with Gasteiger partial charge in [-0.25, -0.2) is 9.37 Å². The van der Waals surface area contributed by atoms with Crippen LogP contribution in [0.5, 0.6) is 0 Å². The maximum atomic E-state index is 15.3. The van der Waals surface area contributed by atoms with Crippen molar-refractivity contribution in [3.05, 3.63) is 85.8 Å². The Morgan fingerprint density at radius 2 is 1.84 bits per heavy atom. The van der Waals surface area contributed by atoms with Crippen LogP contribution >= 0.6 is 11.6 Å². The molecule has 2 aromatic carbocycles. The molecule has 0 saturated heterocycles. The van der Waals surface area contributed by atoms with Crippen molar-refractivity contribution in [3.8, 4) is 11.4 Å². The van der Waals surface area contributed by atoms with Crippen LogP contribution in [0.15, 0.2) is 41.2 Å². The fraction of sp³-hybridized carbons (Fsp3) is 0.320. The van der Waals surface area contributed by atoms with Gasteiger partial charge in [0, 0.05) is 23.0 Å². The molecule has 12 heteroatoms. The molecule has 2 N–H and O–H groups in total. The second kappa shape index (κ2) is 10.6. The Morgan fingerprint density at radius 1 is 1.14 bits per heavy atom. The molecule has 1 heterocycles. The molecule has 1 saturated carbocycles. The molecule has 0 aliphatic heterocycles. The molecule has 0 atom stereocenters. The summed E-state index contributed by atoms with van der Waals surface area (Å²) >= 11 is 6.09. The normalized spacial score (nSPS) is 17.4. The van der Waals surface area contributed by atoms with Crippen molar-refractivity contribution in [2.75, 3.05) is 0 Å². The number of aryl methyl sites for hydroxylation is 1. The summed E-state index contributed by atoms with van der Waals surface area (Å²) in [7, 11) is 0. The van der Waals surface area contributed by atoms with Crippen LogP contribution in [0.2, 0.25) is 5.02 Å². The summed E-state index contributed by atoms with van der Waals surface area (Å²) in [6.45, 7) is 0.965. The predicted octanol–water partition coefficient (Wildman–Crippen LogP) is 5.31. The van der Waals surface area contributed by atoms with E-state index in [1.807, 2.05) is 17.1 Å². The Kier molecular flexibility index (Phi) is 7.65. The van der Waals surface area contributed by atoms with E-state index >= 15 is 4.39 Å². The van der Waals surface area contributed by atoms with Gasteiger partial charge in [-0.2, -0.15) is 17.6 Å². The van der Waals surface area contributed by atoms with Crippen molar-refractivity contribution < 1.29 is 31.5 Å². The number of amides is 1. The van der Waals surface area contributed by atoms with Crippen molar-refractivity contribution in [3.63, 3.8) is 0 Å². The fourth-order valence-corrected chi connectivity index (χ4v) is 4.17. The summed E-state index contributed by atoms with van der Waals surface area (Å²) in [5.74, 6) is -4.18. The highest BCUT2D eigenvalue weighted by atomic mass is 35.5. The molecule has 196 valence electrons. The number of rotatable bonds is 7. The molecule has 0 spiro atoms. The van der Waals surface area contributed by atoms with Crippen molar-refractivity contribution in [2.24, 2.45) is 5.92 Å². The first-order valence-corrected chi connectivity index (χ1v) is 11.6. The zero-order valence-corrected chi connectivity index (χ0v) is 20.1. The molecule has 0 unspecified atom stereocenters. The van der Waals surface area contributed by atoms with Gasteiger partial charge in [0.1, 0.15) is 11.6 Å². The van der Waals surface area contributed by atoms with Crippen molar-refractivity contribution in [1.29, 1.82) is 0 Å². The molecule has 6 nitrogen and oxygen atoms in total. The molecule has 1 amide bonds. The molecular formula is C25H21ClF5N3O3. The van der Waals surface area contributed by atoms with E-state index in [1.54, 1.807) is 12.1 Å². The van der Waals surface area contributed by atoms with Crippen molar-refractivity contribution in [2.45, 2.75) is 45.2 Å². The molecule has 37 heavy (non-hydrogen) atoms. The Balaban J connectivity index is 1.44. The molecule has 1 aliphatic carbocycles. The van der Waals surface area contributed by atoms with E-state index in [4.69, 9.17) is 16.3 Å². The lowest BCUT2D eigenvalue weighted by molar-refractivity contribution is -0.137. The maximum absolute atomic E-state index is 15.3. The number of halogens is 6. The van der Waals surface area contributed by atoms with Crippen LogP contribution in [0.25, 0.3) is 11.4 Å². The summed E-state index contributed by atoms with van der Waals surface area (Å²) in [6.07, 6.45) is -4.29. The first-order valence-electron chi connectivity index (χ1n) is 11.2. The van der Waals surface area contributed by atoms with E-state index < -0.39 is 64.4 Å². The quantitative estimate of drug-likeness (QED) is 0.397. The fourth-order valence-electron chi connectivity index (χ4n) is 3.98. The third-order valence-electron chi connectivity index (χ3n) is 6.14. The lowest BCUT2D eigenvalue weighted by Crippen LogP contribution is -2.42. The van der Waals surface area contributed by atoms with Crippen molar-refractivity contribution in [1.82, 2.24) is 15.3 Å². The second-order valence-corrected chi connectivity index (χ2v) is 9.09. The second-order valence-electron chi connectivity index (χ2n) is 8.68. The molecule has 1 aliphatic rings. The van der Waals surface area contributed by atoms with E-state index in [9.17, 15) is 27.2 Å². The van der Waals surface area contributed by atoms with E-state index in [0.29, 0.717) is 23.9 Å². The standard InChI is InChI=1S/C25H21ClF5N3O3/c1-12-20(27)24(36)34-22(33-12)19-17(25(29,30)31)7-6-13(21(19)28)10-32-23(35)15-8-16(9-15)37-11-14-4-2-3-5-18(14)26/h2-7,15-16H,8-11H2,1H3,(H,32,35)(H,33,34,36)/t15-,16-. The molecule has 1 fully saturated rings. The van der Waals surface area contributed by atoms with Crippen LogP contribution in [0.1, 0.15) is 35.2 Å². The molecule has 1 aromatic heterocycles. The number of benzene rings is 2. The van der Waals surface area contributed by atoms with Crippen LogP contribution < -0.4 is 10.9 Å². The Hall–Kier alpha value is -3.31. The summed E-state index contributed by atoms with van der Waals surface area (Å²) < 4.78 is 75.4. The molecule has 0 radical (unpaired) electrons. The number of hydrogen-bond donors (Lipinski definition) is 2. The van der Waals surface area contributed by atoms with Gasteiger partial charge in [0.2, 0.25) is 11.7 Å². The Morgan fingerprint density at radius 3 is 2.49 bits per heavy atom. The molecule has 4 rings (SSSR count). The Bertz CT molecular complexity index is 1390. The van der Waals surface area contributed by atoms with Crippen molar-refractivity contribution >= 4 is 17.5 Å². The number of aromatic nitrogens is 2. The van der Waals surface area contributed by atoms with Crippen LogP contribution in [0.4, 0.5) is 22.0 Å². The third kappa shape index (κ3) is 5.83. The topological polar surface area (TPSA) is 84.1 Å². The average Bonchev–Trinajstić information content (AvgIpc) is 2.80. The zero-order valence-electron chi connectivity index (χ0n) is 19.4. The highest BCUT2D eigenvalue weighted by molar-refractivity contribution is 6.31. The summed E-state index contributed by atoms with van der Waals surface area (Å²) in [5, 5.41) is 3.10. The first kappa shape index (κ1) is 26.7. The number of aromatic amines is 1. The molecule has 0 bridgehead atoms. The number of nitrogens with zero attached hydrogens (tertiary/aromatic N) is 1. The van der Waals surface area contributed by atoms with Crippen LogP contribution in [0.3, 0.4) is 0 Å². The highest BCUT2D eigenvalue weighted by Gasteiger charge is 2.38. The number of H-pyrrole nitrogens is 1. The van der Waals surface area contributed by atoms with Gasteiger partial charge >= 0.3 is 6.18 Å². The monoisotopic (exact) mass is 541 g/mol. The Labute approximate surface area is 212 Å². The van der Waals surface area contributed by atoms with Crippen LogP contribution in [0, 0.1) is 24.5 Å². The van der Waals surface area contributed by atoms with Gasteiger partial charge in [-0.15, -0.1) is 0 Å². The van der Waals surface area contributed by atoms with Gasteiger partial charge in [0.15, 0.2) is 0 Å². The summed E-state index contributed by atoms with van der Waals surface area (Å²) in [5.41, 5.74) is -3.68. The molecular weight excluding hydrogens is 521 g/mol. The number of nitrogens with one attached hydrogen (secondary N) is 2. The van der Waals surface area contributed by atoms with Crippen LogP contribution in [-0.4, -0.2) is 22.0 Å². The first-order chi connectivity index (χ1) is 17.5. The smallest absolute Gasteiger partial charge is 0.373 e. The number of carbonyl (C=O) groups excluding carboxylic acids is 1. The van der Waals surface area contributed by atoms with Gasteiger partial charge in [-0.1, -0.05) is 35.9 Å². The van der Waals surface area contributed by atoms with E-state index in [0.717, 1.165) is 18.6 Å². The van der Waals surface area contributed by atoms with Gasteiger partial charge < -0.3 is 15.0 Å². The van der Waals surface area contributed by atoms with E-state index in [1.165, 1.54) is 0 Å². The lowest BCUT2D eigenvalue weighted by atomic mass is 9.81. The van der Waals surface area contributed by atoms with E-state index in [2.05, 4.69) is 10.3 Å². The van der Waals surface area contributed by atoms with Gasteiger partial charge in [-0.05, 0) is 37.5 Å². The lowest BCUT2D eigenvalue weighted by Gasteiger charge is -2.34. The van der Waals surface area contributed by atoms with Crippen LogP contribution in [-0.2, 0) is 28.9 Å². The van der Waals surface area contributed by atoms with Gasteiger partial charge in [0.25, 0.3) is 5.56 Å². The zero-order chi connectivity index (χ0) is 26.9. The number of carbonyl (C=O) groups is 1. The molecule has 3 aromatic rings. The van der Waals surface area contributed by atoms with E-state index in [-0.39, 0.29) is 18.3 Å². The number of ether oxygens (including phenoxy) is 1. The highest BCUT2D eigenvalue weighted by Crippen LogP contribution is 2.38. The largest absolute Gasteiger partial charge is 0.417 e. The minimum Gasteiger partial charge on any atom is -0.373 e. The SMILES string of the molecule is Cc1nc(-c2c(C(F)(F)F)ccc(CNC(=O)[C@H]3C[C@H](OCc4ccccc4Cl)C3)c2F)[nH]c(=O)c1F. The minimum atomic E-state index is -4.98. The number of hydrogen-bond acceptors (Lipinski definition) is 4. The predicted molar refractivity (Wildman–Crippen MR) is 125 cm³/mol. The number of alkyl halides is 3. The minimum absolute atomic E-state index is 0.161. The maximum Gasteiger partial charge on any atom is 0.417 e. The van der Waals surface area contributed by atoms with Gasteiger partial charge in [-0.3, -0.25) is 9.59 Å². The summed E-state index contributed by atoms with van der Waals surface area (Å²) in [4.78, 5) is 29.7.